The van der Waals surface area contributed by atoms with Gasteiger partial charge in [0.1, 0.15) is 0 Å². The number of sulfonamides is 1. The first kappa shape index (κ1) is 20.7. The second-order valence-corrected chi connectivity index (χ2v) is 8.74. The van der Waals surface area contributed by atoms with E-state index in [4.69, 9.17) is 0 Å². The average molecular weight is 430 g/mol. The van der Waals surface area contributed by atoms with Crippen LogP contribution in [0.25, 0.3) is 0 Å². The van der Waals surface area contributed by atoms with Gasteiger partial charge in [-0.2, -0.15) is 0 Å². The van der Waals surface area contributed by atoms with Crippen LogP contribution in [0, 0.1) is 0 Å². The molecule has 2 aromatic carbocycles. The van der Waals surface area contributed by atoms with Crippen LogP contribution in [-0.4, -0.2) is 26.8 Å². The van der Waals surface area contributed by atoms with Gasteiger partial charge in [0.25, 0.3) is 5.91 Å². The SMILES string of the molecule is O=C(CCNS(=O)(=O)c1ccccc1)Nc1cccc(NC(=O)c2cccs2)c1. The van der Waals surface area contributed by atoms with Gasteiger partial charge < -0.3 is 10.6 Å². The summed E-state index contributed by atoms with van der Waals surface area (Å²) in [7, 11) is -3.65. The van der Waals surface area contributed by atoms with Crippen molar-refractivity contribution in [3.05, 3.63) is 77.0 Å². The first-order valence-corrected chi connectivity index (χ1v) is 11.1. The average Bonchev–Trinajstić information content (AvgIpc) is 3.24. The maximum Gasteiger partial charge on any atom is 0.265 e. The summed E-state index contributed by atoms with van der Waals surface area (Å²) in [4.78, 5) is 25.0. The van der Waals surface area contributed by atoms with Crippen LogP contribution in [-0.2, 0) is 14.8 Å². The van der Waals surface area contributed by atoms with Gasteiger partial charge in [0, 0.05) is 24.3 Å². The fraction of sp³-hybridized carbons (Fsp3) is 0.100. The minimum atomic E-state index is -3.65. The van der Waals surface area contributed by atoms with Gasteiger partial charge in [-0.25, -0.2) is 13.1 Å². The molecule has 0 fully saturated rings. The van der Waals surface area contributed by atoms with Crippen LogP contribution in [0.2, 0.25) is 0 Å². The molecule has 29 heavy (non-hydrogen) atoms. The molecule has 0 spiro atoms. The smallest absolute Gasteiger partial charge is 0.265 e. The molecule has 0 aliphatic heterocycles. The van der Waals surface area contributed by atoms with Gasteiger partial charge in [-0.05, 0) is 41.8 Å². The number of rotatable bonds is 8. The minimum Gasteiger partial charge on any atom is -0.326 e. The maximum absolute atomic E-state index is 12.1. The van der Waals surface area contributed by atoms with Crippen LogP contribution < -0.4 is 15.4 Å². The van der Waals surface area contributed by atoms with E-state index in [1.807, 2.05) is 5.38 Å². The Balaban J connectivity index is 1.51. The van der Waals surface area contributed by atoms with Gasteiger partial charge >= 0.3 is 0 Å². The normalized spacial score (nSPS) is 11.0. The van der Waals surface area contributed by atoms with Crippen molar-refractivity contribution in [2.24, 2.45) is 0 Å². The molecule has 0 unspecified atom stereocenters. The van der Waals surface area contributed by atoms with Crippen molar-refractivity contribution in [3.63, 3.8) is 0 Å². The molecule has 0 saturated heterocycles. The standard InChI is InChI=1S/C20H19N3O4S2/c24-19(11-12-21-29(26,27)17-8-2-1-3-9-17)22-15-6-4-7-16(14-15)23-20(25)18-10-5-13-28-18/h1-10,13-14,21H,11-12H2,(H,22,24)(H,23,25). The summed E-state index contributed by atoms with van der Waals surface area (Å²) in [5.74, 6) is -0.568. The molecule has 1 aromatic heterocycles. The summed E-state index contributed by atoms with van der Waals surface area (Å²) >= 11 is 1.34. The van der Waals surface area contributed by atoms with Crippen LogP contribution in [0.15, 0.2) is 77.0 Å². The van der Waals surface area contributed by atoms with Gasteiger partial charge in [0.15, 0.2) is 0 Å². The van der Waals surface area contributed by atoms with Crippen molar-refractivity contribution in [2.45, 2.75) is 11.3 Å². The minimum absolute atomic E-state index is 0.0299. The molecule has 150 valence electrons. The van der Waals surface area contributed by atoms with Crippen LogP contribution in [0.4, 0.5) is 11.4 Å². The summed E-state index contributed by atoms with van der Waals surface area (Å²) < 4.78 is 26.7. The van der Waals surface area contributed by atoms with Crippen molar-refractivity contribution in [2.75, 3.05) is 17.2 Å². The highest BCUT2D eigenvalue weighted by molar-refractivity contribution is 7.89. The van der Waals surface area contributed by atoms with Crippen molar-refractivity contribution < 1.29 is 18.0 Å². The molecule has 0 saturated carbocycles. The van der Waals surface area contributed by atoms with E-state index in [0.717, 1.165) is 0 Å². The van der Waals surface area contributed by atoms with Crippen molar-refractivity contribution in [3.8, 4) is 0 Å². The van der Waals surface area contributed by atoms with E-state index in [1.54, 1.807) is 54.6 Å². The second-order valence-electron chi connectivity index (χ2n) is 6.02. The van der Waals surface area contributed by atoms with Crippen molar-refractivity contribution in [1.29, 1.82) is 0 Å². The van der Waals surface area contributed by atoms with Gasteiger partial charge in [-0.1, -0.05) is 30.3 Å². The van der Waals surface area contributed by atoms with E-state index < -0.39 is 10.0 Å². The molecular weight excluding hydrogens is 410 g/mol. The molecule has 0 radical (unpaired) electrons. The van der Waals surface area contributed by atoms with E-state index >= 15 is 0 Å². The van der Waals surface area contributed by atoms with Crippen molar-refractivity contribution in [1.82, 2.24) is 4.72 Å². The molecule has 0 bridgehead atoms. The molecular formula is C20H19N3O4S2. The lowest BCUT2D eigenvalue weighted by molar-refractivity contribution is -0.116. The largest absolute Gasteiger partial charge is 0.326 e. The van der Waals surface area contributed by atoms with E-state index in [1.165, 1.54) is 23.5 Å². The predicted molar refractivity (Wildman–Crippen MR) is 114 cm³/mol. The molecule has 0 aliphatic rings. The Morgan fingerprint density at radius 1 is 0.862 bits per heavy atom. The van der Waals surface area contributed by atoms with Gasteiger partial charge in [-0.15, -0.1) is 11.3 Å². The van der Waals surface area contributed by atoms with Gasteiger partial charge in [0.2, 0.25) is 15.9 Å². The molecule has 0 aliphatic carbocycles. The fourth-order valence-electron chi connectivity index (χ4n) is 2.48. The number of hydrogen-bond acceptors (Lipinski definition) is 5. The van der Waals surface area contributed by atoms with Crippen LogP contribution in [0.1, 0.15) is 16.1 Å². The summed E-state index contributed by atoms with van der Waals surface area (Å²) in [6.45, 7) is -0.0299. The first-order chi connectivity index (χ1) is 13.9. The summed E-state index contributed by atoms with van der Waals surface area (Å²) in [6, 6.07) is 18.2. The molecule has 0 atom stereocenters. The highest BCUT2D eigenvalue weighted by Crippen LogP contribution is 2.18. The zero-order valence-corrected chi connectivity index (χ0v) is 16.9. The molecule has 3 aromatic rings. The second kappa shape index (κ2) is 9.46. The lowest BCUT2D eigenvalue weighted by Crippen LogP contribution is -2.27. The zero-order valence-electron chi connectivity index (χ0n) is 15.3. The highest BCUT2D eigenvalue weighted by atomic mass is 32.2. The molecule has 3 rings (SSSR count). The third kappa shape index (κ3) is 5.98. The Hall–Kier alpha value is -3.01. The Labute approximate surface area is 172 Å². The van der Waals surface area contributed by atoms with Gasteiger partial charge in [0.05, 0.1) is 9.77 Å². The van der Waals surface area contributed by atoms with E-state index in [9.17, 15) is 18.0 Å². The van der Waals surface area contributed by atoms with E-state index in [2.05, 4.69) is 15.4 Å². The summed E-state index contributed by atoms with van der Waals surface area (Å²) in [5, 5.41) is 7.28. The lowest BCUT2D eigenvalue weighted by Gasteiger charge is -2.09. The summed E-state index contributed by atoms with van der Waals surface area (Å²) in [6.07, 6.45) is -0.0299. The zero-order chi connectivity index (χ0) is 20.7. The molecule has 1 heterocycles. The lowest BCUT2D eigenvalue weighted by atomic mass is 10.2. The van der Waals surface area contributed by atoms with E-state index in [-0.39, 0.29) is 29.7 Å². The van der Waals surface area contributed by atoms with Crippen LogP contribution >= 0.6 is 11.3 Å². The molecule has 2 amide bonds. The Bertz CT molecular complexity index is 1080. The number of benzene rings is 2. The third-order valence-electron chi connectivity index (χ3n) is 3.85. The quantitative estimate of drug-likeness (QED) is 0.511. The van der Waals surface area contributed by atoms with Crippen molar-refractivity contribution >= 4 is 44.5 Å². The fourth-order valence-corrected chi connectivity index (χ4v) is 4.15. The number of carbonyl (C=O) groups is 2. The Morgan fingerprint density at radius 2 is 1.59 bits per heavy atom. The number of thiophene rings is 1. The topological polar surface area (TPSA) is 104 Å². The maximum atomic E-state index is 12.1. The van der Waals surface area contributed by atoms with Crippen LogP contribution in [0.5, 0.6) is 0 Å². The number of carbonyl (C=O) groups excluding carboxylic acids is 2. The van der Waals surface area contributed by atoms with Gasteiger partial charge in [-0.3, -0.25) is 9.59 Å². The summed E-state index contributed by atoms with van der Waals surface area (Å²) in [5.41, 5.74) is 1.05. The predicted octanol–water partition coefficient (Wildman–Crippen LogP) is 3.31. The number of nitrogens with one attached hydrogen (secondary N) is 3. The number of anilines is 2. The van der Waals surface area contributed by atoms with Crippen LogP contribution in [0.3, 0.4) is 0 Å². The number of amides is 2. The Kier molecular flexibility index (Phi) is 6.76. The molecule has 7 nitrogen and oxygen atoms in total. The number of hydrogen-bond donors (Lipinski definition) is 3. The molecule has 3 N–H and O–H groups in total. The monoisotopic (exact) mass is 429 g/mol. The third-order valence-corrected chi connectivity index (χ3v) is 6.19. The van der Waals surface area contributed by atoms with E-state index in [0.29, 0.717) is 16.3 Å². The Morgan fingerprint density at radius 3 is 2.28 bits per heavy atom. The molecule has 9 heteroatoms. The highest BCUT2D eigenvalue weighted by Gasteiger charge is 2.13. The first-order valence-electron chi connectivity index (χ1n) is 8.73.